The number of carbonyl (C=O) groups is 1. The fourth-order valence-corrected chi connectivity index (χ4v) is 7.80. The summed E-state index contributed by atoms with van der Waals surface area (Å²) in [5, 5.41) is 28.4. The molecule has 0 bridgehead atoms. The average molecular weight is 721 g/mol. The minimum absolute atomic E-state index is 0.183. The number of carboxylic acids is 1. The lowest BCUT2D eigenvalue weighted by atomic mass is 9.73. The normalized spacial score (nSPS) is 21.1. The smallest absolute Gasteiger partial charge is 0.320 e. The van der Waals surface area contributed by atoms with Gasteiger partial charge in [0.1, 0.15) is 22.6 Å². The van der Waals surface area contributed by atoms with Crippen molar-refractivity contribution in [3.8, 4) is 0 Å². The molecule has 2 aromatic carbocycles. The summed E-state index contributed by atoms with van der Waals surface area (Å²) >= 11 is 6.91. The molecule has 11 heteroatoms. The zero-order chi connectivity index (χ0) is 36.6. The number of likely N-dealkylation sites (tertiary alicyclic amines) is 1. The Morgan fingerprint density at radius 2 is 1.96 bits per heavy atom. The monoisotopic (exact) mass is 720 g/mol. The number of aryl methyl sites for hydroxylation is 1. The summed E-state index contributed by atoms with van der Waals surface area (Å²) < 4.78 is 6.64. The van der Waals surface area contributed by atoms with Crippen molar-refractivity contribution in [2.75, 3.05) is 18.4 Å². The van der Waals surface area contributed by atoms with Gasteiger partial charge in [0.25, 0.3) is 0 Å². The average Bonchev–Trinajstić information content (AvgIpc) is 3.55. The molecule has 2 aliphatic rings. The van der Waals surface area contributed by atoms with Crippen molar-refractivity contribution in [1.29, 1.82) is 0 Å². The molecular formula is C41H45ClN6O4. The first-order valence-electron chi connectivity index (χ1n) is 17.9. The number of fused-ring (bicyclic) bond motifs is 2. The number of allylic oxidation sites excluding steroid dienone is 2. The van der Waals surface area contributed by atoms with Crippen molar-refractivity contribution in [3.05, 3.63) is 112 Å². The van der Waals surface area contributed by atoms with Crippen LogP contribution in [0.1, 0.15) is 68.2 Å². The Bertz CT molecular complexity index is 2190. The minimum Gasteiger partial charge on any atom is -0.480 e. The van der Waals surface area contributed by atoms with Crippen molar-refractivity contribution >= 4 is 51.0 Å². The van der Waals surface area contributed by atoms with Gasteiger partial charge >= 0.3 is 5.97 Å². The molecule has 1 fully saturated rings. The maximum atomic E-state index is 12.0. The number of hydrogen-bond acceptors (Lipinski definition) is 9. The van der Waals surface area contributed by atoms with Gasteiger partial charge in [-0.25, -0.2) is 9.97 Å². The highest BCUT2D eigenvalue weighted by molar-refractivity contribution is 6.34. The highest BCUT2D eigenvalue weighted by atomic mass is 35.5. The first-order chi connectivity index (χ1) is 24.9. The first kappa shape index (κ1) is 35.8. The van der Waals surface area contributed by atoms with E-state index in [0.29, 0.717) is 65.9 Å². The number of oxazole rings is 1. The lowest BCUT2D eigenvalue weighted by Crippen LogP contribution is -2.43. The van der Waals surface area contributed by atoms with Gasteiger partial charge in [-0.3, -0.25) is 14.7 Å². The van der Waals surface area contributed by atoms with Gasteiger partial charge in [0, 0.05) is 43.3 Å². The number of aliphatic carboxylic acids is 1. The molecule has 3 atom stereocenters. The van der Waals surface area contributed by atoms with Crippen LogP contribution in [0.25, 0.3) is 27.6 Å². The second-order valence-electron chi connectivity index (χ2n) is 14.8. The molecule has 0 spiro atoms. The van der Waals surface area contributed by atoms with Crippen LogP contribution in [0, 0.1) is 12.8 Å². The fraction of sp³-hybridized carbons (Fsp3) is 0.366. The van der Waals surface area contributed by atoms with Gasteiger partial charge in [0.2, 0.25) is 5.89 Å². The van der Waals surface area contributed by atoms with Gasteiger partial charge in [0.15, 0.2) is 11.4 Å². The summed E-state index contributed by atoms with van der Waals surface area (Å²) in [6, 6.07) is 15.6. The Morgan fingerprint density at radius 3 is 2.75 bits per heavy atom. The van der Waals surface area contributed by atoms with Crippen LogP contribution in [0.4, 0.5) is 5.82 Å². The van der Waals surface area contributed by atoms with Crippen molar-refractivity contribution in [2.24, 2.45) is 5.92 Å². The number of pyridine rings is 2. The zero-order valence-corrected chi connectivity index (χ0v) is 30.7. The number of anilines is 1. The maximum Gasteiger partial charge on any atom is 0.320 e. The standard InChI is InChI=1S/C41H45ClN6O4/c1-25-10-5-6-11-30(25)31-12-9-15-41(26(31)2,47-37-35-29(14-16-44-37)18-28(22-45-35)21-43-24-40(3,4)51)39-46-33-20-27(19-32(42)36(33)52-39)23-48-17-8-7-13-34(48)38(49)50/h5-6,9-12,14-16,18-20,22,26,34,43,51H,7-8,13,17,21,23-24H2,1-4H3,(H,44,47)(H,49,50)/t26?,34-,41?/m0/s1. The first-order valence-corrected chi connectivity index (χ1v) is 18.3. The molecule has 7 rings (SSSR count). The summed E-state index contributed by atoms with van der Waals surface area (Å²) in [5.41, 5.74) is 5.22. The number of aromatic nitrogens is 3. The predicted molar refractivity (Wildman–Crippen MR) is 205 cm³/mol. The minimum atomic E-state index is -0.994. The Hall–Kier alpha value is -4.61. The molecule has 10 nitrogen and oxygen atoms in total. The van der Waals surface area contributed by atoms with Crippen LogP contribution in [-0.4, -0.2) is 60.8 Å². The Morgan fingerprint density at radius 1 is 1.13 bits per heavy atom. The highest BCUT2D eigenvalue weighted by Crippen LogP contribution is 2.46. The van der Waals surface area contributed by atoms with E-state index in [1.165, 1.54) is 0 Å². The number of aliphatic hydroxyl groups is 1. The van der Waals surface area contributed by atoms with Crippen LogP contribution in [0.15, 0.2) is 83.6 Å². The number of benzene rings is 2. The third-order valence-electron chi connectivity index (χ3n) is 10.3. The molecule has 1 aliphatic carbocycles. The van der Waals surface area contributed by atoms with E-state index in [-0.39, 0.29) is 5.92 Å². The van der Waals surface area contributed by atoms with E-state index in [4.69, 9.17) is 31.0 Å². The van der Waals surface area contributed by atoms with Crippen molar-refractivity contribution in [1.82, 2.24) is 25.2 Å². The van der Waals surface area contributed by atoms with Crippen molar-refractivity contribution in [3.63, 3.8) is 0 Å². The summed E-state index contributed by atoms with van der Waals surface area (Å²) in [5.74, 6) is 0.0262. The van der Waals surface area contributed by atoms with Gasteiger partial charge in [-0.05, 0) is 98.3 Å². The van der Waals surface area contributed by atoms with E-state index < -0.39 is 23.2 Å². The van der Waals surface area contributed by atoms with Crippen LogP contribution in [0.2, 0.25) is 5.02 Å². The summed E-state index contributed by atoms with van der Waals surface area (Å²) in [6.07, 6.45) is 12.3. The molecule has 2 unspecified atom stereocenters. The van der Waals surface area contributed by atoms with Crippen molar-refractivity contribution < 1.29 is 19.4 Å². The Kier molecular flexibility index (Phi) is 9.93. The number of piperidine rings is 1. The van der Waals surface area contributed by atoms with E-state index >= 15 is 0 Å². The molecular weight excluding hydrogens is 676 g/mol. The number of halogens is 1. The highest BCUT2D eigenvalue weighted by Gasteiger charge is 2.45. The number of carboxylic acid groups (broad SMARTS) is 1. The quantitative estimate of drug-likeness (QED) is 0.108. The summed E-state index contributed by atoms with van der Waals surface area (Å²) in [4.78, 5) is 28.8. The SMILES string of the molecule is Cc1ccccc1C1=CC=CC(Nc2nccc3cc(CNCC(C)(C)O)cnc23)(c2nc3cc(CN4CCCC[C@H]4C(=O)O)cc(Cl)c3o2)C1C. The van der Waals surface area contributed by atoms with Gasteiger partial charge in [-0.1, -0.05) is 61.4 Å². The van der Waals surface area contributed by atoms with E-state index in [0.717, 1.165) is 46.1 Å². The van der Waals surface area contributed by atoms with E-state index in [1.807, 2.05) is 47.5 Å². The lowest BCUT2D eigenvalue weighted by molar-refractivity contribution is -0.144. The van der Waals surface area contributed by atoms with Gasteiger partial charge in [-0.15, -0.1) is 0 Å². The largest absolute Gasteiger partial charge is 0.480 e. The third-order valence-corrected chi connectivity index (χ3v) is 10.5. The van der Waals surface area contributed by atoms with Crippen LogP contribution in [0.5, 0.6) is 0 Å². The van der Waals surface area contributed by atoms with E-state index in [2.05, 4.69) is 54.8 Å². The molecule has 4 heterocycles. The fourth-order valence-electron chi connectivity index (χ4n) is 7.53. The number of nitrogens with zero attached hydrogens (tertiary/aromatic N) is 4. The van der Waals surface area contributed by atoms with Gasteiger partial charge < -0.3 is 25.3 Å². The molecule has 1 saturated heterocycles. The Balaban J connectivity index is 1.29. The van der Waals surface area contributed by atoms with Crippen LogP contribution in [0.3, 0.4) is 0 Å². The topological polar surface area (TPSA) is 137 Å². The van der Waals surface area contributed by atoms with Crippen LogP contribution < -0.4 is 10.6 Å². The maximum absolute atomic E-state index is 12.0. The lowest BCUT2D eigenvalue weighted by Gasteiger charge is -2.39. The zero-order valence-electron chi connectivity index (χ0n) is 30.0. The molecule has 0 radical (unpaired) electrons. The molecule has 1 aliphatic heterocycles. The molecule has 0 saturated carbocycles. The van der Waals surface area contributed by atoms with Gasteiger partial charge in [0.05, 0.1) is 10.6 Å². The molecule has 0 amide bonds. The molecule has 4 N–H and O–H groups in total. The molecule has 270 valence electrons. The predicted octanol–water partition coefficient (Wildman–Crippen LogP) is 7.63. The Labute approximate surface area is 308 Å². The number of hydrogen-bond donors (Lipinski definition) is 4. The molecule has 52 heavy (non-hydrogen) atoms. The van der Waals surface area contributed by atoms with Crippen LogP contribution in [-0.2, 0) is 23.4 Å². The third kappa shape index (κ3) is 7.21. The van der Waals surface area contributed by atoms with Crippen molar-refractivity contribution in [2.45, 2.75) is 77.2 Å². The number of rotatable bonds is 11. The van der Waals surface area contributed by atoms with Gasteiger partial charge in [-0.2, -0.15) is 0 Å². The van der Waals surface area contributed by atoms with Crippen LogP contribution >= 0.6 is 11.6 Å². The number of nitrogens with one attached hydrogen (secondary N) is 2. The summed E-state index contributed by atoms with van der Waals surface area (Å²) in [6.45, 7) is 9.99. The second-order valence-corrected chi connectivity index (χ2v) is 15.2. The molecule has 5 aromatic rings. The van der Waals surface area contributed by atoms with E-state index in [9.17, 15) is 15.0 Å². The van der Waals surface area contributed by atoms with E-state index in [1.54, 1.807) is 20.0 Å². The molecule has 3 aromatic heterocycles. The second kappa shape index (κ2) is 14.4. The summed E-state index contributed by atoms with van der Waals surface area (Å²) in [7, 11) is 0.